The van der Waals surface area contributed by atoms with Gasteiger partial charge < -0.3 is 9.47 Å². The first kappa shape index (κ1) is 23.1. The highest BCUT2D eigenvalue weighted by atomic mass is 32.2. The molecule has 0 N–H and O–H groups in total. The number of carbonyl (C=O) groups is 1. The largest absolute Gasteiger partial charge is 0.490 e. The third kappa shape index (κ3) is 5.64. The van der Waals surface area contributed by atoms with Crippen molar-refractivity contribution in [3.05, 3.63) is 100 Å². The van der Waals surface area contributed by atoms with E-state index >= 15 is 0 Å². The number of hydrogen-bond acceptors (Lipinski definition) is 5. The zero-order valence-corrected chi connectivity index (χ0v) is 20.2. The highest BCUT2D eigenvalue weighted by Gasteiger charge is 2.32. The van der Waals surface area contributed by atoms with E-state index in [1.54, 1.807) is 4.90 Å². The molecule has 4 rings (SSSR count). The zero-order valence-electron chi connectivity index (χ0n) is 18.6. The highest BCUT2D eigenvalue weighted by molar-refractivity contribution is 8.26. The maximum absolute atomic E-state index is 13.0. The molecule has 4 nitrogen and oxygen atoms in total. The standard InChI is InChI=1S/C27H25NO3S2/c1-3-30-24-16-21(14-15-23(24)31-19(2)22-12-8-5-9-13-22)17-25-26(29)28(27(32)33-25)18-20-10-6-4-7-11-20/h4-17,19H,3,18H2,1-2H3/b25-17-/t19-/m0/s1. The number of rotatable bonds is 8. The predicted octanol–water partition coefficient (Wildman–Crippen LogP) is 6.63. The second kappa shape index (κ2) is 10.7. The summed E-state index contributed by atoms with van der Waals surface area (Å²) in [6.07, 6.45) is 1.74. The Labute approximate surface area is 204 Å². The van der Waals surface area contributed by atoms with E-state index in [0.29, 0.717) is 33.9 Å². The Morgan fingerprint density at radius 3 is 2.39 bits per heavy atom. The molecular weight excluding hydrogens is 450 g/mol. The summed E-state index contributed by atoms with van der Waals surface area (Å²) in [4.78, 5) is 15.2. The minimum Gasteiger partial charge on any atom is -0.490 e. The average Bonchev–Trinajstić information content (AvgIpc) is 3.09. The lowest BCUT2D eigenvalue weighted by Crippen LogP contribution is -2.27. The molecule has 33 heavy (non-hydrogen) atoms. The van der Waals surface area contributed by atoms with Crippen LogP contribution in [0.25, 0.3) is 6.08 Å². The fraction of sp³-hybridized carbons (Fsp3) is 0.185. The van der Waals surface area contributed by atoms with Crippen molar-refractivity contribution < 1.29 is 14.3 Å². The lowest BCUT2D eigenvalue weighted by Gasteiger charge is -2.18. The van der Waals surface area contributed by atoms with Crippen LogP contribution >= 0.6 is 24.0 Å². The molecule has 0 bridgehead atoms. The second-order valence-corrected chi connectivity index (χ2v) is 9.24. The lowest BCUT2D eigenvalue weighted by molar-refractivity contribution is -0.122. The summed E-state index contributed by atoms with van der Waals surface area (Å²) < 4.78 is 12.6. The zero-order chi connectivity index (χ0) is 23.2. The Kier molecular flexibility index (Phi) is 7.47. The number of nitrogens with zero attached hydrogens (tertiary/aromatic N) is 1. The number of ether oxygens (including phenoxy) is 2. The minimum atomic E-state index is -0.120. The SMILES string of the molecule is CCOc1cc(/C=C2\SC(=S)N(Cc3ccccc3)C2=O)ccc1O[C@@H](C)c1ccccc1. The van der Waals surface area contributed by atoms with E-state index in [0.717, 1.165) is 16.7 Å². The fourth-order valence-corrected chi connectivity index (χ4v) is 4.77. The third-order valence-electron chi connectivity index (χ3n) is 5.20. The number of thioether (sulfide) groups is 1. The number of hydrogen-bond donors (Lipinski definition) is 0. The van der Waals surface area contributed by atoms with Gasteiger partial charge in [0.05, 0.1) is 18.1 Å². The molecular formula is C27H25NO3S2. The molecule has 1 amide bonds. The number of thiocarbonyl (C=S) groups is 1. The fourth-order valence-electron chi connectivity index (χ4n) is 3.52. The van der Waals surface area contributed by atoms with E-state index in [1.807, 2.05) is 98.8 Å². The van der Waals surface area contributed by atoms with Crippen molar-refractivity contribution in [1.29, 1.82) is 0 Å². The normalized spacial score (nSPS) is 15.7. The van der Waals surface area contributed by atoms with Crippen LogP contribution in [0.1, 0.15) is 36.6 Å². The summed E-state index contributed by atoms with van der Waals surface area (Å²) in [5, 5.41) is 0. The van der Waals surface area contributed by atoms with Crippen molar-refractivity contribution in [3.8, 4) is 11.5 Å². The third-order valence-corrected chi connectivity index (χ3v) is 6.57. The van der Waals surface area contributed by atoms with E-state index in [2.05, 4.69) is 0 Å². The molecule has 0 radical (unpaired) electrons. The molecule has 0 unspecified atom stereocenters. The molecule has 6 heteroatoms. The first-order valence-electron chi connectivity index (χ1n) is 10.8. The molecule has 0 saturated carbocycles. The Hall–Kier alpha value is -3.09. The first-order chi connectivity index (χ1) is 16.0. The van der Waals surface area contributed by atoms with Crippen molar-refractivity contribution >= 4 is 40.3 Å². The Morgan fingerprint density at radius 1 is 1.00 bits per heavy atom. The summed E-state index contributed by atoms with van der Waals surface area (Å²) >= 11 is 6.80. The van der Waals surface area contributed by atoms with Gasteiger partial charge in [0.1, 0.15) is 10.4 Å². The van der Waals surface area contributed by atoms with E-state index in [-0.39, 0.29) is 12.0 Å². The van der Waals surface area contributed by atoms with Gasteiger partial charge in [-0.3, -0.25) is 9.69 Å². The van der Waals surface area contributed by atoms with Crippen LogP contribution in [-0.2, 0) is 11.3 Å². The van der Waals surface area contributed by atoms with Gasteiger partial charge >= 0.3 is 0 Å². The van der Waals surface area contributed by atoms with E-state index in [4.69, 9.17) is 21.7 Å². The van der Waals surface area contributed by atoms with Gasteiger partial charge in [-0.1, -0.05) is 90.7 Å². The number of amides is 1. The van der Waals surface area contributed by atoms with Gasteiger partial charge in [-0.25, -0.2) is 0 Å². The maximum atomic E-state index is 13.0. The molecule has 3 aromatic carbocycles. The van der Waals surface area contributed by atoms with Crippen molar-refractivity contribution in [2.45, 2.75) is 26.5 Å². The molecule has 3 aromatic rings. The second-order valence-electron chi connectivity index (χ2n) is 7.56. The van der Waals surface area contributed by atoms with Crippen molar-refractivity contribution in [3.63, 3.8) is 0 Å². The first-order valence-corrected chi connectivity index (χ1v) is 12.1. The molecule has 1 fully saturated rings. The van der Waals surface area contributed by atoms with Gasteiger partial charge in [0.15, 0.2) is 11.5 Å². The van der Waals surface area contributed by atoms with Gasteiger partial charge in [-0.05, 0) is 48.7 Å². The van der Waals surface area contributed by atoms with Gasteiger partial charge in [-0.15, -0.1) is 0 Å². The van der Waals surface area contributed by atoms with Crippen molar-refractivity contribution in [1.82, 2.24) is 4.90 Å². The maximum Gasteiger partial charge on any atom is 0.266 e. The average molecular weight is 476 g/mol. The van der Waals surface area contributed by atoms with Crippen LogP contribution < -0.4 is 9.47 Å². The van der Waals surface area contributed by atoms with Crippen LogP contribution in [0.4, 0.5) is 0 Å². The molecule has 0 aliphatic carbocycles. The van der Waals surface area contributed by atoms with E-state index < -0.39 is 0 Å². The van der Waals surface area contributed by atoms with Crippen LogP contribution in [0.15, 0.2) is 83.8 Å². The van der Waals surface area contributed by atoms with Crippen LogP contribution in [0.5, 0.6) is 11.5 Å². The summed E-state index contributed by atoms with van der Waals surface area (Å²) in [5.74, 6) is 1.24. The summed E-state index contributed by atoms with van der Waals surface area (Å²) in [6, 6.07) is 25.6. The summed E-state index contributed by atoms with van der Waals surface area (Å²) in [7, 11) is 0. The molecule has 1 heterocycles. The van der Waals surface area contributed by atoms with Crippen LogP contribution in [0.2, 0.25) is 0 Å². The lowest BCUT2D eigenvalue weighted by atomic mass is 10.1. The predicted molar refractivity (Wildman–Crippen MR) is 138 cm³/mol. The molecule has 1 saturated heterocycles. The van der Waals surface area contributed by atoms with Gasteiger partial charge in [0.2, 0.25) is 0 Å². The van der Waals surface area contributed by atoms with Crippen LogP contribution in [0, 0.1) is 0 Å². The van der Waals surface area contributed by atoms with Gasteiger partial charge in [-0.2, -0.15) is 0 Å². The molecule has 0 spiro atoms. The Balaban J connectivity index is 1.53. The molecule has 1 atom stereocenters. The number of benzene rings is 3. The van der Waals surface area contributed by atoms with Crippen molar-refractivity contribution in [2.75, 3.05) is 6.61 Å². The topological polar surface area (TPSA) is 38.8 Å². The molecule has 1 aliphatic rings. The summed E-state index contributed by atoms with van der Waals surface area (Å²) in [6.45, 7) is 4.93. The molecule has 0 aromatic heterocycles. The Bertz CT molecular complexity index is 1160. The van der Waals surface area contributed by atoms with E-state index in [1.165, 1.54) is 11.8 Å². The number of carbonyl (C=O) groups excluding carboxylic acids is 1. The molecule has 1 aliphatic heterocycles. The highest BCUT2D eigenvalue weighted by Crippen LogP contribution is 2.36. The van der Waals surface area contributed by atoms with E-state index in [9.17, 15) is 4.79 Å². The molecule has 168 valence electrons. The monoisotopic (exact) mass is 475 g/mol. The Morgan fingerprint density at radius 2 is 1.70 bits per heavy atom. The van der Waals surface area contributed by atoms with Crippen LogP contribution in [0.3, 0.4) is 0 Å². The minimum absolute atomic E-state index is 0.0789. The van der Waals surface area contributed by atoms with Crippen LogP contribution in [-0.4, -0.2) is 21.7 Å². The summed E-state index contributed by atoms with van der Waals surface area (Å²) in [5.41, 5.74) is 2.99. The van der Waals surface area contributed by atoms with Gasteiger partial charge in [0, 0.05) is 0 Å². The van der Waals surface area contributed by atoms with Gasteiger partial charge in [0.25, 0.3) is 5.91 Å². The quantitative estimate of drug-likeness (QED) is 0.270. The van der Waals surface area contributed by atoms with Crippen molar-refractivity contribution in [2.24, 2.45) is 0 Å². The smallest absolute Gasteiger partial charge is 0.266 e.